The summed E-state index contributed by atoms with van der Waals surface area (Å²) >= 11 is 0. The summed E-state index contributed by atoms with van der Waals surface area (Å²) in [5.41, 5.74) is 5.71. The van der Waals surface area contributed by atoms with Gasteiger partial charge >= 0.3 is 0 Å². The zero-order chi connectivity index (χ0) is 14.1. The Hall–Kier alpha value is -1.46. The van der Waals surface area contributed by atoms with E-state index in [1.54, 1.807) is 0 Å². The summed E-state index contributed by atoms with van der Waals surface area (Å²) in [4.78, 5) is 14.4. The van der Waals surface area contributed by atoms with Gasteiger partial charge in [-0.2, -0.15) is 0 Å². The van der Waals surface area contributed by atoms with Crippen LogP contribution in [0.25, 0.3) is 0 Å². The van der Waals surface area contributed by atoms with Gasteiger partial charge in [-0.1, -0.05) is 12.1 Å². The summed E-state index contributed by atoms with van der Waals surface area (Å²) in [7, 11) is 0. The Balaban J connectivity index is 0.00000161. The highest BCUT2D eigenvalue weighted by molar-refractivity contribution is 5.85. The van der Waals surface area contributed by atoms with Crippen molar-refractivity contribution in [3.05, 3.63) is 24.3 Å². The molecule has 0 bridgehead atoms. The van der Waals surface area contributed by atoms with Gasteiger partial charge in [-0.15, -0.1) is 12.4 Å². The van der Waals surface area contributed by atoms with E-state index in [-0.39, 0.29) is 31.0 Å². The van der Waals surface area contributed by atoms with Crippen molar-refractivity contribution < 1.29 is 14.3 Å². The molecule has 0 saturated carbocycles. The Bertz CT molecular complexity index is 511. The number of rotatable bonds is 2. The monoisotopic (exact) mass is 312 g/mol. The SMILES string of the molecule is CC1CC(CN)CN1C(=O)C1COc2ccccc2O1.Cl. The lowest BCUT2D eigenvalue weighted by atomic mass is 10.1. The second kappa shape index (κ2) is 6.54. The van der Waals surface area contributed by atoms with Gasteiger partial charge in [0.15, 0.2) is 11.5 Å². The van der Waals surface area contributed by atoms with Crippen molar-refractivity contribution >= 4 is 18.3 Å². The van der Waals surface area contributed by atoms with Crippen LogP contribution in [0.15, 0.2) is 24.3 Å². The molecule has 3 atom stereocenters. The van der Waals surface area contributed by atoms with Crippen LogP contribution in [0.3, 0.4) is 0 Å². The van der Waals surface area contributed by atoms with Gasteiger partial charge in [0.25, 0.3) is 5.91 Å². The van der Waals surface area contributed by atoms with E-state index < -0.39 is 6.10 Å². The first-order valence-electron chi connectivity index (χ1n) is 7.08. The van der Waals surface area contributed by atoms with Gasteiger partial charge in [-0.25, -0.2) is 0 Å². The molecular formula is C15H21ClN2O3. The average Bonchev–Trinajstić information content (AvgIpc) is 2.87. The minimum absolute atomic E-state index is 0. The van der Waals surface area contributed by atoms with E-state index in [4.69, 9.17) is 15.2 Å². The Morgan fingerprint density at radius 2 is 2.10 bits per heavy atom. The number of nitrogens with two attached hydrogens (primary N) is 1. The van der Waals surface area contributed by atoms with Crippen molar-refractivity contribution in [3.8, 4) is 11.5 Å². The molecule has 0 aromatic heterocycles. The molecule has 1 amide bonds. The second-order valence-corrected chi connectivity index (χ2v) is 5.54. The minimum Gasteiger partial charge on any atom is -0.485 e. The Labute approximate surface area is 130 Å². The molecule has 5 nitrogen and oxygen atoms in total. The number of likely N-dealkylation sites (tertiary alicyclic amines) is 1. The molecule has 3 unspecified atom stereocenters. The molecule has 1 saturated heterocycles. The van der Waals surface area contributed by atoms with Crippen molar-refractivity contribution in [3.63, 3.8) is 0 Å². The molecule has 1 fully saturated rings. The molecule has 1 aromatic rings. The van der Waals surface area contributed by atoms with E-state index in [2.05, 4.69) is 6.92 Å². The lowest BCUT2D eigenvalue weighted by Crippen LogP contribution is -2.47. The van der Waals surface area contributed by atoms with Crippen LogP contribution < -0.4 is 15.2 Å². The first-order chi connectivity index (χ1) is 9.69. The summed E-state index contributed by atoms with van der Waals surface area (Å²) in [6.07, 6.45) is 0.413. The van der Waals surface area contributed by atoms with Crippen molar-refractivity contribution in [2.75, 3.05) is 19.7 Å². The number of ether oxygens (including phenoxy) is 2. The van der Waals surface area contributed by atoms with E-state index in [0.29, 0.717) is 24.0 Å². The summed E-state index contributed by atoms with van der Waals surface area (Å²) in [5.74, 6) is 1.74. The molecular weight excluding hydrogens is 292 g/mol. The summed E-state index contributed by atoms with van der Waals surface area (Å²) in [6.45, 7) is 3.68. The third-order valence-corrected chi connectivity index (χ3v) is 4.06. The van der Waals surface area contributed by atoms with Gasteiger partial charge in [0.05, 0.1) is 0 Å². The number of benzene rings is 1. The van der Waals surface area contributed by atoms with Crippen molar-refractivity contribution in [1.29, 1.82) is 0 Å². The van der Waals surface area contributed by atoms with Crippen LogP contribution in [-0.4, -0.2) is 42.6 Å². The first-order valence-corrected chi connectivity index (χ1v) is 7.08. The fourth-order valence-electron chi connectivity index (χ4n) is 2.95. The van der Waals surface area contributed by atoms with Gasteiger partial charge in [-0.3, -0.25) is 4.79 Å². The van der Waals surface area contributed by atoms with Gasteiger partial charge < -0.3 is 20.1 Å². The van der Waals surface area contributed by atoms with Crippen LogP contribution in [0.4, 0.5) is 0 Å². The number of hydrogen-bond acceptors (Lipinski definition) is 4. The quantitative estimate of drug-likeness (QED) is 0.897. The molecule has 2 N–H and O–H groups in total. The number of amides is 1. The smallest absolute Gasteiger partial charge is 0.267 e. The minimum atomic E-state index is -0.552. The van der Waals surface area contributed by atoms with Crippen LogP contribution in [0.1, 0.15) is 13.3 Å². The highest BCUT2D eigenvalue weighted by atomic mass is 35.5. The van der Waals surface area contributed by atoms with Crippen LogP contribution in [0.5, 0.6) is 11.5 Å². The van der Waals surface area contributed by atoms with Crippen LogP contribution in [0, 0.1) is 5.92 Å². The number of carbonyl (C=O) groups is 1. The highest BCUT2D eigenvalue weighted by Gasteiger charge is 2.37. The first kappa shape index (κ1) is 15.9. The van der Waals surface area contributed by atoms with E-state index in [0.717, 1.165) is 13.0 Å². The number of nitrogens with zero attached hydrogens (tertiary/aromatic N) is 1. The molecule has 2 aliphatic rings. The highest BCUT2D eigenvalue weighted by Crippen LogP contribution is 2.32. The topological polar surface area (TPSA) is 64.8 Å². The number of halogens is 1. The van der Waals surface area contributed by atoms with Gasteiger partial charge in [0.2, 0.25) is 6.10 Å². The number of fused-ring (bicyclic) bond motifs is 1. The Morgan fingerprint density at radius 1 is 1.38 bits per heavy atom. The number of para-hydroxylation sites is 2. The van der Waals surface area contributed by atoms with E-state index in [9.17, 15) is 4.79 Å². The van der Waals surface area contributed by atoms with E-state index >= 15 is 0 Å². The van der Waals surface area contributed by atoms with Crippen LogP contribution >= 0.6 is 12.4 Å². The summed E-state index contributed by atoms with van der Waals surface area (Å²) in [5, 5.41) is 0. The summed E-state index contributed by atoms with van der Waals surface area (Å²) < 4.78 is 11.4. The maximum absolute atomic E-state index is 12.6. The van der Waals surface area contributed by atoms with Crippen molar-refractivity contribution in [2.24, 2.45) is 11.7 Å². The van der Waals surface area contributed by atoms with Crippen LogP contribution in [0.2, 0.25) is 0 Å². The predicted octanol–water partition coefficient (Wildman–Crippen LogP) is 1.44. The molecule has 2 heterocycles. The lowest BCUT2D eigenvalue weighted by molar-refractivity contribution is -0.141. The van der Waals surface area contributed by atoms with Crippen LogP contribution in [-0.2, 0) is 4.79 Å². The Morgan fingerprint density at radius 3 is 2.76 bits per heavy atom. The number of hydrogen-bond donors (Lipinski definition) is 1. The lowest BCUT2D eigenvalue weighted by Gasteiger charge is -2.30. The predicted molar refractivity (Wildman–Crippen MR) is 81.9 cm³/mol. The maximum atomic E-state index is 12.6. The molecule has 116 valence electrons. The molecule has 1 aromatic carbocycles. The third-order valence-electron chi connectivity index (χ3n) is 4.06. The molecule has 3 rings (SSSR count). The van der Waals surface area contributed by atoms with E-state index in [1.165, 1.54) is 0 Å². The normalized spacial score (nSPS) is 27.1. The zero-order valence-corrected chi connectivity index (χ0v) is 12.8. The maximum Gasteiger partial charge on any atom is 0.267 e. The average molecular weight is 313 g/mol. The largest absolute Gasteiger partial charge is 0.485 e. The molecule has 0 aliphatic carbocycles. The molecule has 21 heavy (non-hydrogen) atoms. The number of carbonyl (C=O) groups excluding carboxylic acids is 1. The van der Waals surface area contributed by atoms with Gasteiger partial charge in [0, 0.05) is 12.6 Å². The molecule has 2 aliphatic heterocycles. The Kier molecular flexibility index (Phi) is 4.96. The fourth-order valence-corrected chi connectivity index (χ4v) is 2.95. The second-order valence-electron chi connectivity index (χ2n) is 5.54. The molecule has 6 heteroatoms. The van der Waals surface area contributed by atoms with Gasteiger partial charge in [-0.05, 0) is 37.9 Å². The molecule has 0 radical (unpaired) electrons. The zero-order valence-electron chi connectivity index (χ0n) is 12.0. The standard InChI is InChI=1S/C15H20N2O3.ClH/c1-10-6-11(7-16)8-17(10)15(18)14-9-19-12-4-2-3-5-13(12)20-14;/h2-5,10-11,14H,6-9,16H2,1H3;1H. The third kappa shape index (κ3) is 3.09. The van der Waals surface area contributed by atoms with E-state index in [1.807, 2.05) is 29.2 Å². The van der Waals surface area contributed by atoms with Gasteiger partial charge in [0.1, 0.15) is 6.61 Å². The fraction of sp³-hybridized carbons (Fsp3) is 0.533. The van der Waals surface area contributed by atoms with Crippen molar-refractivity contribution in [1.82, 2.24) is 4.90 Å². The van der Waals surface area contributed by atoms with Crippen molar-refractivity contribution in [2.45, 2.75) is 25.5 Å². The summed E-state index contributed by atoms with van der Waals surface area (Å²) in [6, 6.07) is 7.65. The molecule has 0 spiro atoms.